The van der Waals surface area contributed by atoms with Crippen molar-refractivity contribution in [2.75, 3.05) is 26.7 Å². The van der Waals surface area contributed by atoms with Crippen LogP contribution >= 0.6 is 0 Å². The standard InChI is InChI=1S/C13H26N2O/c1-3-4-5-6-13(16)15-9-7-12(8-10-15)11-14-2/h12,14H,3-11H2,1-2H3. The maximum Gasteiger partial charge on any atom is 0.222 e. The van der Waals surface area contributed by atoms with Gasteiger partial charge in [-0.05, 0) is 38.8 Å². The molecule has 1 amide bonds. The fourth-order valence-electron chi connectivity index (χ4n) is 2.36. The van der Waals surface area contributed by atoms with E-state index in [1.807, 2.05) is 7.05 Å². The van der Waals surface area contributed by atoms with Gasteiger partial charge in [0, 0.05) is 19.5 Å². The lowest BCUT2D eigenvalue weighted by molar-refractivity contribution is -0.132. The summed E-state index contributed by atoms with van der Waals surface area (Å²) in [5.41, 5.74) is 0. The number of piperidine rings is 1. The van der Waals surface area contributed by atoms with Gasteiger partial charge in [-0.3, -0.25) is 4.79 Å². The second-order valence-corrected chi connectivity index (χ2v) is 4.84. The first kappa shape index (κ1) is 13.5. The van der Waals surface area contributed by atoms with Gasteiger partial charge in [-0.25, -0.2) is 0 Å². The number of nitrogens with zero attached hydrogens (tertiary/aromatic N) is 1. The molecule has 0 aliphatic carbocycles. The number of carbonyl (C=O) groups excluding carboxylic acids is 1. The molecule has 1 fully saturated rings. The molecule has 0 aromatic carbocycles. The van der Waals surface area contributed by atoms with Gasteiger partial charge in [-0.15, -0.1) is 0 Å². The van der Waals surface area contributed by atoms with Crippen LogP contribution in [0.2, 0.25) is 0 Å². The molecule has 0 saturated carbocycles. The first-order valence-corrected chi connectivity index (χ1v) is 6.70. The summed E-state index contributed by atoms with van der Waals surface area (Å²) in [5, 5.41) is 3.22. The number of nitrogens with one attached hydrogen (secondary N) is 1. The van der Waals surface area contributed by atoms with Gasteiger partial charge in [0.2, 0.25) is 5.91 Å². The average Bonchev–Trinajstić information content (AvgIpc) is 2.30. The summed E-state index contributed by atoms with van der Waals surface area (Å²) in [7, 11) is 2.00. The fourth-order valence-corrected chi connectivity index (χ4v) is 2.36. The molecule has 0 aromatic rings. The predicted octanol–water partition coefficient (Wildman–Crippen LogP) is 2.02. The van der Waals surface area contributed by atoms with E-state index in [2.05, 4.69) is 17.1 Å². The van der Waals surface area contributed by atoms with Crippen LogP contribution < -0.4 is 5.32 Å². The Labute approximate surface area is 99.6 Å². The zero-order chi connectivity index (χ0) is 11.8. The first-order valence-electron chi connectivity index (χ1n) is 6.70. The van der Waals surface area contributed by atoms with Crippen molar-refractivity contribution in [3.63, 3.8) is 0 Å². The molecule has 3 nitrogen and oxygen atoms in total. The van der Waals surface area contributed by atoms with Crippen LogP contribution in [0.25, 0.3) is 0 Å². The minimum absolute atomic E-state index is 0.372. The number of rotatable bonds is 6. The van der Waals surface area contributed by atoms with E-state index in [9.17, 15) is 4.79 Å². The summed E-state index contributed by atoms with van der Waals surface area (Å²) < 4.78 is 0. The van der Waals surface area contributed by atoms with E-state index in [4.69, 9.17) is 0 Å². The summed E-state index contributed by atoms with van der Waals surface area (Å²) in [6.07, 6.45) is 6.52. The normalized spacial score (nSPS) is 17.8. The Morgan fingerprint density at radius 2 is 2.00 bits per heavy atom. The third kappa shape index (κ3) is 4.52. The van der Waals surface area contributed by atoms with Gasteiger partial charge in [0.15, 0.2) is 0 Å². The molecule has 1 rings (SSSR count). The Kier molecular flexibility index (Phi) is 6.46. The third-order valence-corrected chi connectivity index (χ3v) is 3.45. The van der Waals surface area contributed by atoms with Crippen LogP contribution in [-0.2, 0) is 4.79 Å². The van der Waals surface area contributed by atoms with Gasteiger partial charge in [-0.1, -0.05) is 19.8 Å². The zero-order valence-electron chi connectivity index (χ0n) is 10.8. The highest BCUT2D eigenvalue weighted by Gasteiger charge is 2.21. The molecule has 0 unspecified atom stereocenters. The minimum Gasteiger partial charge on any atom is -0.343 e. The van der Waals surface area contributed by atoms with Crippen molar-refractivity contribution in [2.24, 2.45) is 5.92 Å². The van der Waals surface area contributed by atoms with Crippen LogP contribution in [0.5, 0.6) is 0 Å². The second kappa shape index (κ2) is 7.66. The summed E-state index contributed by atoms with van der Waals surface area (Å²) >= 11 is 0. The number of hydrogen-bond acceptors (Lipinski definition) is 2. The molecular formula is C13H26N2O. The molecule has 0 bridgehead atoms. The molecular weight excluding hydrogens is 200 g/mol. The van der Waals surface area contributed by atoms with Crippen LogP contribution in [0.15, 0.2) is 0 Å². The number of carbonyl (C=O) groups is 1. The van der Waals surface area contributed by atoms with Crippen molar-refractivity contribution in [3.8, 4) is 0 Å². The van der Waals surface area contributed by atoms with E-state index in [0.29, 0.717) is 5.91 Å². The summed E-state index contributed by atoms with van der Waals surface area (Å²) in [6, 6.07) is 0. The molecule has 0 atom stereocenters. The molecule has 0 spiro atoms. The Balaban J connectivity index is 2.17. The van der Waals surface area contributed by atoms with Crippen molar-refractivity contribution in [3.05, 3.63) is 0 Å². The minimum atomic E-state index is 0.372. The van der Waals surface area contributed by atoms with E-state index in [0.717, 1.165) is 38.4 Å². The first-order chi connectivity index (χ1) is 7.77. The number of likely N-dealkylation sites (tertiary alicyclic amines) is 1. The maximum atomic E-state index is 11.8. The molecule has 0 aromatic heterocycles. The molecule has 16 heavy (non-hydrogen) atoms. The van der Waals surface area contributed by atoms with E-state index in [1.54, 1.807) is 0 Å². The van der Waals surface area contributed by atoms with Gasteiger partial charge < -0.3 is 10.2 Å². The lowest BCUT2D eigenvalue weighted by Gasteiger charge is -2.32. The SMILES string of the molecule is CCCCCC(=O)N1CCC(CNC)CC1. The van der Waals surface area contributed by atoms with Crippen molar-refractivity contribution < 1.29 is 4.79 Å². The van der Waals surface area contributed by atoms with Gasteiger partial charge in [0.1, 0.15) is 0 Å². The summed E-state index contributed by atoms with van der Waals surface area (Å²) in [6.45, 7) is 5.21. The third-order valence-electron chi connectivity index (χ3n) is 3.45. The van der Waals surface area contributed by atoms with Crippen molar-refractivity contribution in [2.45, 2.75) is 45.4 Å². The molecule has 1 aliphatic heterocycles. The van der Waals surface area contributed by atoms with Crippen LogP contribution in [0.4, 0.5) is 0 Å². The van der Waals surface area contributed by atoms with Crippen molar-refractivity contribution in [1.82, 2.24) is 10.2 Å². The fraction of sp³-hybridized carbons (Fsp3) is 0.923. The van der Waals surface area contributed by atoms with E-state index < -0.39 is 0 Å². The highest BCUT2D eigenvalue weighted by Crippen LogP contribution is 2.17. The van der Waals surface area contributed by atoms with Gasteiger partial charge in [0.05, 0.1) is 0 Å². The smallest absolute Gasteiger partial charge is 0.222 e. The van der Waals surface area contributed by atoms with Crippen LogP contribution in [0, 0.1) is 5.92 Å². The number of hydrogen-bond donors (Lipinski definition) is 1. The lowest BCUT2D eigenvalue weighted by Crippen LogP contribution is -2.40. The van der Waals surface area contributed by atoms with Crippen molar-refractivity contribution in [1.29, 1.82) is 0 Å². The highest BCUT2D eigenvalue weighted by atomic mass is 16.2. The van der Waals surface area contributed by atoms with Gasteiger partial charge >= 0.3 is 0 Å². The number of unbranched alkanes of at least 4 members (excludes halogenated alkanes) is 2. The van der Waals surface area contributed by atoms with E-state index >= 15 is 0 Å². The molecule has 1 N–H and O–H groups in total. The largest absolute Gasteiger partial charge is 0.343 e. The average molecular weight is 226 g/mol. The molecule has 1 heterocycles. The van der Waals surface area contributed by atoms with Gasteiger partial charge in [0.25, 0.3) is 0 Å². The Hall–Kier alpha value is -0.570. The predicted molar refractivity (Wildman–Crippen MR) is 67.4 cm³/mol. The monoisotopic (exact) mass is 226 g/mol. The Morgan fingerprint density at radius 1 is 1.31 bits per heavy atom. The number of amides is 1. The summed E-state index contributed by atoms with van der Waals surface area (Å²) in [5.74, 6) is 1.14. The van der Waals surface area contributed by atoms with Crippen LogP contribution in [-0.4, -0.2) is 37.5 Å². The maximum absolute atomic E-state index is 11.8. The molecule has 1 saturated heterocycles. The summed E-state index contributed by atoms with van der Waals surface area (Å²) in [4.78, 5) is 13.9. The molecule has 94 valence electrons. The van der Waals surface area contributed by atoms with Crippen LogP contribution in [0.1, 0.15) is 45.4 Å². The highest BCUT2D eigenvalue weighted by molar-refractivity contribution is 5.76. The van der Waals surface area contributed by atoms with E-state index in [-0.39, 0.29) is 0 Å². The van der Waals surface area contributed by atoms with E-state index in [1.165, 1.54) is 25.7 Å². The molecule has 3 heteroatoms. The van der Waals surface area contributed by atoms with Gasteiger partial charge in [-0.2, -0.15) is 0 Å². The second-order valence-electron chi connectivity index (χ2n) is 4.84. The molecule has 1 aliphatic rings. The zero-order valence-corrected chi connectivity index (χ0v) is 10.8. The van der Waals surface area contributed by atoms with Crippen molar-refractivity contribution >= 4 is 5.91 Å². The quantitative estimate of drug-likeness (QED) is 0.703. The Bertz CT molecular complexity index is 198. The Morgan fingerprint density at radius 3 is 2.56 bits per heavy atom. The lowest BCUT2D eigenvalue weighted by atomic mass is 9.96. The molecule has 0 radical (unpaired) electrons. The van der Waals surface area contributed by atoms with Crippen LogP contribution in [0.3, 0.4) is 0 Å². The topological polar surface area (TPSA) is 32.3 Å².